The average molecular weight is 105 g/mol. The van der Waals surface area contributed by atoms with Gasteiger partial charge in [0.05, 0.1) is 6.61 Å². The summed E-state index contributed by atoms with van der Waals surface area (Å²) in [6.07, 6.45) is 0. The van der Waals surface area contributed by atoms with Gasteiger partial charge in [0.15, 0.2) is 0 Å². The fourth-order valence-corrected chi connectivity index (χ4v) is 0.353. The topological polar surface area (TPSA) is 59.9 Å². The van der Waals surface area contributed by atoms with Crippen molar-refractivity contribution in [2.24, 2.45) is 0 Å². The molecule has 0 aromatic carbocycles. The van der Waals surface area contributed by atoms with Crippen molar-refractivity contribution >= 4 is 0 Å². The van der Waals surface area contributed by atoms with E-state index in [1.165, 1.54) is 0 Å². The summed E-state index contributed by atoms with van der Waals surface area (Å²) >= 11 is 0. The van der Waals surface area contributed by atoms with Gasteiger partial charge in [0.2, 0.25) is 0 Å². The summed E-state index contributed by atoms with van der Waals surface area (Å²) < 4.78 is 0. The molecule has 5 N–H and O–H groups in total. The van der Waals surface area contributed by atoms with Gasteiger partial charge in [-0.05, 0) is 7.05 Å². The minimum absolute atomic E-state index is 0.144. The van der Waals surface area contributed by atoms with E-state index in [1.54, 1.807) is 0 Å². The third-order valence-corrected chi connectivity index (χ3v) is 0.751. The Morgan fingerprint density at radius 2 is 2.43 bits per heavy atom. The zero-order valence-corrected chi connectivity index (χ0v) is 4.65. The van der Waals surface area contributed by atoms with E-state index in [-0.39, 0.29) is 12.6 Å². The Bertz CT molecular complexity index is 40.7. The van der Waals surface area contributed by atoms with Crippen LogP contribution in [0.25, 0.3) is 0 Å². The average Bonchev–Trinajstić information content (AvgIpc) is 1.68. The molecule has 0 saturated carbocycles. The lowest BCUT2D eigenvalue weighted by atomic mass is 10.3. The minimum atomic E-state index is 0.144. The van der Waals surface area contributed by atoms with E-state index < -0.39 is 0 Å². The highest BCUT2D eigenvalue weighted by molar-refractivity contribution is 4.50. The molecule has 0 spiro atoms. The highest BCUT2D eigenvalue weighted by Crippen LogP contribution is 1.63. The van der Waals surface area contributed by atoms with Crippen LogP contribution in [0.4, 0.5) is 0 Å². The van der Waals surface area contributed by atoms with Crippen molar-refractivity contribution in [3.8, 4) is 0 Å². The number of aliphatic hydroxyl groups is 1. The van der Waals surface area contributed by atoms with Crippen LogP contribution in [-0.4, -0.2) is 31.3 Å². The van der Waals surface area contributed by atoms with Crippen LogP contribution in [0.2, 0.25) is 0 Å². The Kier molecular flexibility index (Phi) is 3.98. The van der Waals surface area contributed by atoms with Crippen molar-refractivity contribution in [1.82, 2.24) is 5.32 Å². The molecule has 0 radical (unpaired) electrons. The van der Waals surface area contributed by atoms with E-state index in [4.69, 9.17) is 5.11 Å². The van der Waals surface area contributed by atoms with Crippen LogP contribution < -0.4 is 11.1 Å². The Morgan fingerprint density at radius 3 is 2.57 bits per heavy atom. The molecule has 0 rings (SSSR count). The van der Waals surface area contributed by atoms with E-state index in [1.807, 2.05) is 7.05 Å². The number of rotatable bonds is 3. The Balaban J connectivity index is 2.83. The fourth-order valence-electron chi connectivity index (χ4n) is 0.353. The zero-order valence-electron chi connectivity index (χ0n) is 4.65. The van der Waals surface area contributed by atoms with Gasteiger partial charge in [-0.15, -0.1) is 0 Å². The number of nitrogens with one attached hydrogen (secondary N) is 1. The first-order valence-corrected chi connectivity index (χ1v) is 2.39. The second kappa shape index (κ2) is 4.05. The predicted octanol–water partition coefficient (Wildman–Crippen LogP) is -2.19. The SMILES string of the molecule is CNC[C@H]([NH3+])CO. The number of aliphatic hydroxyl groups excluding tert-OH is 1. The molecular formula is C4H13N2O+. The van der Waals surface area contributed by atoms with Crippen LogP contribution in [0, 0.1) is 0 Å². The summed E-state index contributed by atoms with van der Waals surface area (Å²) in [7, 11) is 1.84. The summed E-state index contributed by atoms with van der Waals surface area (Å²) in [5, 5.41) is 11.3. The summed E-state index contributed by atoms with van der Waals surface area (Å²) in [5.41, 5.74) is 3.63. The largest absolute Gasteiger partial charge is 0.390 e. The number of hydrogen-bond acceptors (Lipinski definition) is 2. The molecule has 0 bridgehead atoms. The summed E-state index contributed by atoms with van der Waals surface area (Å²) in [4.78, 5) is 0. The van der Waals surface area contributed by atoms with Crippen molar-refractivity contribution in [3.05, 3.63) is 0 Å². The molecule has 44 valence electrons. The molecule has 0 fully saturated rings. The highest BCUT2D eigenvalue weighted by Gasteiger charge is 1.98. The summed E-state index contributed by atoms with van der Waals surface area (Å²) in [6.45, 7) is 0.956. The molecular weight excluding hydrogens is 92.1 g/mol. The molecule has 0 heterocycles. The Hall–Kier alpha value is -0.120. The first-order chi connectivity index (χ1) is 3.31. The van der Waals surface area contributed by atoms with Gasteiger partial charge in [-0.3, -0.25) is 0 Å². The van der Waals surface area contributed by atoms with Gasteiger partial charge in [0.1, 0.15) is 6.04 Å². The fraction of sp³-hybridized carbons (Fsp3) is 1.00. The molecule has 0 aromatic rings. The van der Waals surface area contributed by atoms with Crippen molar-refractivity contribution in [3.63, 3.8) is 0 Å². The number of hydrogen-bond donors (Lipinski definition) is 3. The first-order valence-electron chi connectivity index (χ1n) is 2.39. The molecule has 0 aliphatic heterocycles. The molecule has 0 aliphatic rings. The second-order valence-corrected chi connectivity index (χ2v) is 1.61. The predicted molar refractivity (Wildman–Crippen MR) is 27.7 cm³/mol. The first kappa shape index (κ1) is 6.88. The molecule has 0 unspecified atom stereocenters. The van der Waals surface area contributed by atoms with E-state index >= 15 is 0 Å². The lowest BCUT2D eigenvalue weighted by Gasteiger charge is -2.00. The van der Waals surface area contributed by atoms with Gasteiger partial charge in [-0.2, -0.15) is 0 Å². The van der Waals surface area contributed by atoms with Crippen LogP contribution in [0.15, 0.2) is 0 Å². The monoisotopic (exact) mass is 105 g/mol. The van der Waals surface area contributed by atoms with Crippen LogP contribution in [0.1, 0.15) is 0 Å². The lowest BCUT2D eigenvalue weighted by Crippen LogP contribution is -2.66. The van der Waals surface area contributed by atoms with Gasteiger partial charge < -0.3 is 16.2 Å². The standard InChI is InChI=1S/C4H12N2O/c1-6-2-4(5)3-7/h4,6-7H,2-3,5H2,1H3/p+1/t4-/m0/s1. The Morgan fingerprint density at radius 1 is 1.86 bits per heavy atom. The van der Waals surface area contributed by atoms with Crippen LogP contribution in [0.5, 0.6) is 0 Å². The van der Waals surface area contributed by atoms with Gasteiger partial charge in [-0.1, -0.05) is 0 Å². The van der Waals surface area contributed by atoms with Gasteiger partial charge in [0.25, 0.3) is 0 Å². The van der Waals surface area contributed by atoms with Crippen LogP contribution in [-0.2, 0) is 0 Å². The molecule has 0 amide bonds. The third-order valence-electron chi connectivity index (χ3n) is 0.751. The maximum atomic E-state index is 8.36. The molecule has 1 atom stereocenters. The van der Waals surface area contributed by atoms with Crippen molar-refractivity contribution in [2.45, 2.75) is 6.04 Å². The summed E-state index contributed by atoms with van der Waals surface area (Å²) in [6, 6.07) is 0.144. The highest BCUT2D eigenvalue weighted by atomic mass is 16.3. The van der Waals surface area contributed by atoms with E-state index in [9.17, 15) is 0 Å². The maximum absolute atomic E-state index is 8.36. The quantitative estimate of drug-likeness (QED) is 0.382. The molecule has 3 heteroatoms. The Labute approximate surface area is 43.5 Å². The molecule has 0 aromatic heterocycles. The van der Waals surface area contributed by atoms with Crippen LogP contribution in [0.3, 0.4) is 0 Å². The second-order valence-electron chi connectivity index (χ2n) is 1.61. The summed E-state index contributed by atoms with van der Waals surface area (Å²) in [5.74, 6) is 0. The van der Waals surface area contributed by atoms with E-state index in [0.29, 0.717) is 0 Å². The number of quaternary nitrogens is 1. The lowest BCUT2D eigenvalue weighted by molar-refractivity contribution is -0.422. The third kappa shape index (κ3) is 3.72. The molecule has 0 aliphatic carbocycles. The molecule has 3 nitrogen and oxygen atoms in total. The number of likely N-dealkylation sites (N-methyl/N-ethyl adjacent to an activating group) is 1. The van der Waals surface area contributed by atoms with E-state index in [0.717, 1.165) is 6.54 Å². The molecule has 7 heavy (non-hydrogen) atoms. The molecule has 0 saturated heterocycles. The van der Waals surface area contributed by atoms with Gasteiger partial charge in [-0.25, -0.2) is 0 Å². The van der Waals surface area contributed by atoms with Crippen molar-refractivity contribution in [2.75, 3.05) is 20.2 Å². The maximum Gasteiger partial charge on any atom is 0.120 e. The van der Waals surface area contributed by atoms with Crippen molar-refractivity contribution in [1.29, 1.82) is 0 Å². The van der Waals surface area contributed by atoms with Crippen molar-refractivity contribution < 1.29 is 10.8 Å². The van der Waals surface area contributed by atoms with E-state index in [2.05, 4.69) is 11.1 Å². The normalized spacial score (nSPS) is 14.1. The smallest absolute Gasteiger partial charge is 0.120 e. The minimum Gasteiger partial charge on any atom is -0.390 e. The van der Waals surface area contributed by atoms with Gasteiger partial charge in [0, 0.05) is 6.54 Å². The zero-order chi connectivity index (χ0) is 5.70. The van der Waals surface area contributed by atoms with Gasteiger partial charge >= 0.3 is 0 Å². The van der Waals surface area contributed by atoms with Crippen LogP contribution >= 0.6 is 0 Å².